The van der Waals surface area contributed by atoms with Gasteiger partial charge in [-0.05, 0) is 191 Å². The van der Waals surface area contributed by atoms with Gasteiger partial charge in [0.05, 0.1) is 0 Å². The number of nitrogen functional groups attached to an aromatic ring is 4. The van der Waals surface area contributed by atoms with E-state index in [1.54, 1.807) is 47.0 Å². The predicted octanol–water partition coefficient (Wildman–Crippen LogP) is 16.6. The van der Waals surface area contributed by atoms with Gasteiger partial charge in [0.1, 0.15) is 25.3 Å². The molecular weight excluding hydrogens is 1610 g/mol. The van der Waals surface area contributed by atoms with Crippen LogP contribution in [-0.4, -0.2) is 128 Å². The van der Waals surface area contributed by atoms with Crippen LogP contribution in [0.4, 0.5) is 23.3 Å². The zero-order valence-corrected chi connectivity index (χ0v) is 70.3. The van der Waals surface area contributed by atoms with Crippen molar-refractivity contribution in [1.82, 2.24) is 99.3 Å². The van der Waals surface area contributed by atoms with Gasteiger partial charge in [-0.15, -0.1) is 0 Å². The molecule has 0 fully saturated rings. The summed E-state index contributed by atoms with van der Waals surface area (Å²) in [7, 11) is 0. The van der Waals surface area contributed by atoms with Gasteiger partial charge in [-0.1, -0.05) is 167 Å². The number of allylic oxidation sites excluding steroid dienone is 4. The lowest BCUT2D eigenvalue weighted by atomic mass is 10.1. The van der Waals surface area contributed by atoms with Crippen molar-refractivity contribution < 1.29 is 0 Å². The molecule has 108 heavy (non-hydrogen) atoms. The van der Waals surface area contributed by atoms with Crippen molar-refractivity contribution >= 4 is 178 Å². The number of nitrogens with zero attached hydrogens (tertiary/aromatic N) is 16. The first-order valence-electron chi connectivity index (χ1n) is 35.8. The van der Waals surface area contributed by atoms with Crippen LogP contribution in [0.2, 0.25) is 15.1 Å². The fourth-order valence-electron chi connectivity index (χ4n) is 11.4. The van der Waals surface area contributed by atoms with E-state index in [-0.39, 0.29) is 0 Å². The lowest BCUT2D eigenvalue weighted by molar-refractivity contribution is 0.525. The molecule has 0 bridgehead atoms. The van der Waals surface area contributed by atoms with Gasteiger partial charge in [-0.25, -0.2) is 59.8 Å². The Balaban J connectivity index is 0.000000154. The summed E-state index contributed by atoms with van der Waals surface area (Å²) in [5.74, 6) is 1.64. The first kappa shape index (κ1) is 83.1. The molecule has 13 rings (SSSR count). The molecule has 0 saturated heterocycles. The number of nitrogens with one attached hydrogen (secondary N) is 4. The maximum absolute atomic E-state index is 6.31. The Labute approximate surface area is 676 Å². The predicted molar refractivity (Wildman–Crippen MR) is 456 cm³/mol. The zero-order chi connectivity index (χ0) is 77.1. The van der Waals surface area contributed by atoms with Crippen molar-refractivity contribution in [2.45, 2.75) is 199 Å². The lowest BCUT2D eigenvalue weighted by Crippen LogP contribution is -2.24. The van der Waals surface area contributed by atoms with Crippen molar-refractivity contribution in [2.75, 3.05) is 49.1 Å². The van der Waals surface area contributed by atoms with Gasteiger partial charge in [-0.3, -0.25) is 0 Å². The number of nitrogens with two attached hydrogens (primary N) is 4. The van der Waals surface area contributed by atoms with Gasteiger partial charge < -0.3 is 62.5 Å². The highest BCUT2D eigenvalue weighted by molar-refractivity contribution is 14.1. The van der Waals surface area contributed by atoms with Crippen molar-refractivity contribution in [3.05, 3.63) is 157 Å². The highest BCUT2D eigenvalue weighted by Crippen LogP contribution is 2.41. The summed E-state index contributed by atoms with van der Waals surface area (Å²) in [4.78, 5) is 57.5. The second-order valence-electron chi connectivity index (χ2n) is 26.9. The Kier molecular flexibility index (Phi) is 30.8. The van der Waals surface area contributed by atoms with E-state index in [4.69, 9.17) is 77.7 Å². The summed E-state index contributed by atoms with van der Waals surface area (Å²) in [5.41, 5.74) is 35.7. The van der Waals surface area contributed by atoms with E-state index in [0.717, 1.165) is 174 Å². The monoisotopic (exact) mass is 1700 g/mol. The van der Waals surface area contributed by atoms with E-state index in [2.05, 4.69) is 207 Å². The molecule has 0 amide bonds. The van der Waals surface area contributed by atoms with Gasteiger partial charge in [0, 0.05) is 88.6 Å². The first-order chi connectivity index (χ1) is 51.9. The van der Waals surface area contributed by atoms with E-state index in [1.807, 2.05) is 62.4 Å². The number of fused-ring (bicyclic) bond motifs is 4. The Bertz CT molecular complexity index is 4740. The molecule has 0 radical (unpaired) electrons. The van der Waals surface area contributed by atoms with Crippen LogP contribution in [0.15, 0.2) is 157 Å². The molecule has 8 heterocycles. The number of benzene rings is 4. The Morgan fingerprint density at radius 1 is 0.417 bits per heavy atom. The summed E-state index contributed by atoms with van der Waals surface area (Å²) in [6.07, 6.45) is 17.2. The molecule has 1 aliphatic rings. The van der Waals surface area contributed by atoms with Crippen LogP contribution in [0.1, 0.15) is 110 Å². The third kappa shape index (κ3) is 22.7. The van der Waals surface area contributed by atoms with Gasteiger partial charge >= 0.3 is 0 Å². The molecule has 0 aliphatic heterocycles. The molecule has 4 aromatic carbocycles. The number of imidazole rings is 4. The van der Waals surface area contributed by atoms with E-state index >= 15 is 0 Å². The summed E-state index contributed by atoms with van der Waals surface area (Å²) < 4.78 is 9.74. The highest BCUT2D eigenvalue weighted by Gasteiger charge is 2.23. The average Bonchev–Trinajstić information content (AvgIpc) is 1.66. The van der Waals surface area contributed by atoms with Crippen molar-refractivity contribution in [3.63, 3.8) is 0 Å². The third-order valence-corrected chi connectivity index (χ3v) is 23.2. The number of aromatic nitrogens is 16. The standard InChI is InChI=1S/C22H25ClN6S.2C18H23ClN6S.C18H23IN6S/c1-14(2)25-10-5-11-29-21-19(20(24)26-13-27-21)28-22(29)30-18-9-8-16(23)12-17(18)15-6-3-4-7-15;2*1-11(2)21-7-4-8-25-17-15(16(20)22-10-23-17)24-18(25)26-14-6-5-13(19)9-12(14)3;1-11(2)21-7-4-8-25-17-15(16(20)22-10-23-17)24-18(25)26-14-6-5-12(3)9-13(14)19/h3-4,6,8-9,12-14,25H,5,7,10-11H2,1-2H3,(H2,24,26,27);3*5-6,9-11,21H,4,7-8H2,1-3H3,(H2,20,22,23). The first-order valence-corrected chi connectivity index (χ1v) is 41.3. The quantitative estimate of drug-likeness (QED) is 0.0159. The maximum atomic E-state index is 6.31. The molecule has 24 nitrogen and oxygen atoms in total. The van der Waals surface area contributed by atoms with E-state index in [0.29, 0.717) is 69.5 Å². The second kappa shape index (κ2) is 40.0. The average molecular weight is 1710 g/mol. The van der Waals surface area contributed by atoms with Gasteiger partial charge in [0.15, 0.2) is 88.6 Å². The minimum absolute atomic E-state index is 0.403. The SMILES string of the molecule is CC(C)NCCCn1c(Sc2ccc(Cl)cc2C2=CC=CC2)nc2c(N)ncnc21.Cc1cc(Cl)ccc1Sc1nc2c(N)ncnc2n1CCCNC(C)C.Cc1cc(Cl)ccc1Sc1nc2c(N)ncnc2n1CCCNC(C)C.Cc1ccc(Sc2nc3c(N)ncnc3n2CCCNC(C)C)c(I)c1. The van der Waals surface area contributed by atoms with E-state index in [9.17, 15) is 0 Å². The number of anilines is 4. The Morgan fingerprint density at radius 3 is 1.05 bits per heavy atom. The van der Waals surface area contributed by atoms with Crippen LogP contribution < -0.4 is 44.2 Å². The van der Waals surface area contributed by atoms with E-state index in [1.165, 1.54) is 44.9 Å². The molecule has 570 valence electrons. The molecule has 32 heteroatoms. The number of hydrogen-bond donors (Lipinski definition) is 8. The molecule has 1 aliphatic carbocycles. The Hall–Kier alpha value is -7.40. The maximum Gasteiger partial charge on any atom is 0.175 e. The molecular formula is C76H94Cl3IN24S4. The van der Waals surface area contributed by atoms with Crippen molar-refractivity contribution in [3.8, 4) is 0 Å². The largest absolute Gasteiger partial charge is 0.382 e. The second-order valence-corrected chi connectivity index (χ2v) is 33.4. The summed E-state index contributed by atoms with van der Waals surface area (Å²) in [6.45, 7) is 30.3. The summed E-state index contributed by atoms with van der Waals surface area (Å²) >= 11 is 27.3. The van der Waals surface area contributed by atoms with Crippen LogP contribution in [0.25, 0.3) is 50.2 Å². The van der Waals surface area contributed by atoms with Gasteiger partial charge in [0.25, 0.3) is 0 Å². The fourth-order valence-corrected chi connectivity index (χ4v) is 16.9. The molecule has 0 saturated carbocycles. The zero-order valence-electron chi connectivity index (χ0n) is 62.6. The van der Waals surface area contributed by atoms with Crippen molar-refractivity contribution in [1.29, 1.82) is 0 Å². The third-order valence-electron chi connectivity index (χ3n) is 16.8. The van der Waals surface area contributed by atoms with Gasteiger partial charge in [-0.2, -0.15) is 0 Å². The smallest absolute Gasteiger partial charge is 0.175 e. The van der Waals surface area contributed by atoms with Crippen LogP contribution >= 0.6 is 104 Å². The minimum atomic E-state index is 0.403. The van der Waals surface area contributed by atoms with Crippen LogP contribution in [0, 0.1) is 24.3 Å². The van der Waals surface area contributed by atoms with Crippen LogP contribution in [-0.2, 0) is 26.2 Å². The molecule has 12 N–H and O–H groups in total. The molecule has 0 spiro atoms. The number of hydrogen-bond acceptors (Lipinski definition) is 24. The summed E-state index contributed by atoms with van der Waals surface area (Å²) in [6, 6.07) is 26.1. The topological polar surface area (TPSA) is 327 Å². The fraction of sp³-hybridized carbons (Fsp3) is 0.368. The number of rotatable bonds is 29. The molecule has 0 unspecified atom stereocenters. The normalized spacial score (nSPS) is 12.1. The van der Waals surface area contributed by atoms with Crippen LogP contribution in [0.3, 0.4) is 0 Å². The highest BCUT2D eigenvalue weighted by atomic mass is 127. The number of aryl methyl sites for hydroxylation is 7. The lowest BCUT2D eigenvalue weighted by Gasteiger charge is -2.13. The molecule has 0 atom stereocenters. The summed E-state index contributed by atoms with van der Waals surface area (Å²) in [5, 5.41) is 19.5. The Morgan fingerprint density at radius 2 is 0.731 bits per heavy atom. The molecule has 8 aromatic heterocycles. The minimum Gasteiger partial charge on any atom is -0.382 e. The van der Waals surface area contributed by atoms with E-state index < -0.39 is 0 Å². The van der Waals surface area contributed by atoms with Crippen LogP contribution in [0.5, 0.6) is 0 Å². The number of halogens is 4. The van der Waals surface area contributed by atoms with Gasteiger partial charge in [0.2, 0.25) is 0 Å². The van der Waals surface area contributed by atoms with Crippen molar-refractivity contribution in [2.24, 2.45) is 0 Å². The molecule has 12 aromatic rings.